The van der Waals surface area contributed by atoms with Crippen LogP contribution in [0.15, 0.2) is 84.0 Å². The predicted molar refractivity (Wildman–Crippen MR) is 115 cm³/mol. The van der Waals surface area contributed by atoms with Crippen LogP contribution in [0.1, 0.15) is 16.1 Å². The SMILES string of the molecule is O=C(Nc1n[nH]c2ccccc12)c1ccccc1SCc1cn2ccccc2n1. The predicted octanol–water partition coefficient (Wildman–Crippen LogP) is 4.76. The van der Waals surface area contributed by atoms with E-state index in [0.29, 0.717) is 17.1 Å². The van der Waals surface area contributed by atoms with Crippen LogP contribution in [0.4, 0.5) is 5.82 Å². The Morgan fingerprint density at radius 2 is 1.86 bits per heavy atom. The minimum atomic E-state index is -0.180. The third kappa shape index (κ3) is 3.48. The van der Waals surface area contributed by atoms with E-state index in [0.717, 1.165) is 27.1 Å². The Hall–Kier alpha value is -3.58. The summed E-state index contributed by atoms with van der Waals surface area (Å²) in [5, 5.41) is 11.0. The first-order valence-corrected chi connectivity index (χ1v) is 10.2. The van der Waals surface area contributed by atoms with Gasteiger partial charge < -0.3 is 9.72 Å². The van der Waals surface area contributed by atoms with E-state index in [-0.39, 0.29) is 5.91 Å². The van der Waals surface area contributed by atoms with Gasteiger partial charge in [-0.3, -0.25) is 9.89 Å². The zero-order valence-electron chi connectivity index (χ0n) is 15.4. The van der Waals surface area contributed by atoms with Crippen LogP contribution >= 0.6 is 11.8 Å². The number of aromatic amines is 1. The molecule has 3 heterocycles. The van der Waals surface area contributed by atoms with Crippen molar-refractivity contribution in [1.82, 2.24) is 19.6 Å². The van der Waals surface area contributed by atoms with Gasteiger partial charge in [-0.1, -0.05) is 30.3 Å². The number of H-pyrrole nitrogens is 1. The largest absolute Gasteiger partial charge is 0.307 e. The summed E-state index contributed by atoms with van der Waals surface area (Å²) in [5.74, 6) is 1.03. The van der Waals surface area contributed by atoms with Gasteiger partial charge in [-0.05, 0) is 36.4 Å². The molecule has 0 aliphatic heterocycles. The Bertz CT molecular complexity index is 1290. The quantitative estimate of drug-likeness (QED) is 0.418. The third-order valence-corrected chi connectivity index (χ3v) is 5.73. The number of hydrogen-bond donors (Lipinski definition) is 2. The van der Waals surface area contributed by atoms with E-state index in [4.69, 9.17) is 0 Å². The fourth-order valence-corrected chi connectivity index (χ4v) is 4.16. The fraction of sp³-hybridized carbons (Fsp3) is 0.0455. The summed E-state index contributed by atoms with van der Waals surface area (Å²) < 4.78 is 2.00. The van der Waals surface area contributed by atoms with Crippen LogP contribution in [0, 0.1) is 0 Å². The molecule has 0 bridgehead atoms. The number of anilines is 1. The summed E-state index contributed by atoms with van der Waals surface area (Å²) in [5.41, 5.74) is 3.39. The maximum Gasteiger partial charge on any atom is 0.258 e. The normalized spacial score (nSPS) is 11.2. The summed E-state index contributed by atoms with van der Waals surface area (Å²) in [7, 11) is 0. The fourth-order valence-electron chi connectivity index (χ4n) is 3.22. The van der Waals surface area contributed by atoms with Crippen LogP contribution in [-0.2, 0) is 5.75 Å². The number of fused-ring (bicyclic) bond motifs is 2. The smallest absolute Gasteiger partial charge is 0.258 e. The first kappa shape index (κ1) is 17.5. The molecule has 2 aromatic carbocycles. The molecule has 0 unspecified atom stereocenters. The van der Waals surface area contributed by atoms with Gasteiger partial charge in [-0.2, -0.15) is 5.10 Å². The number of carbonyl (C=O) groups is 1. The number of pyridine rings is 1. The van der Waals surface area contributed by atoms with Gasteiger partial charge in [0.05, 0.1) is 16.8 Å². The maximum atomic E-state index is 12.9. The Kier molecular flexibility index (Phi) is 4.50. The highest BCUT2D eigenvalue weighted by atomic mass is 32.2. The average molecular weight is 399 g/mol. The first-order chi connectivity index (χ1) is 14.3. The second-order valence-corrected chi connectivity index (χ2v) is 7.57. The Balaban J connectivity index is 1.36. The lowest BCUT2D eigenvalue weighted by molar-refractivity contribution is 0.102. The van der Waals surface area contributed by atoms with Crippen molar-refractivity contribution in [2.24, 2.45) is 0 Å². The highest BCUT2D eigenvalue weighted by Gasteiger charge is 2.15. The molecule has 29 heavy (non-hydrogen) atoms. The number of carbonyl (C=O) groups excluding carboxylic acids is 1. The molecule has 0 saturated heterocycles. The van der Waals surface area contributed by atoms with Crippen LogP contribution in [0.3, 0.4) is 0 Å². The zero-order chi connectivity index (χ0) is 19.6. The van der Waals surface area contributed by atoms with Gasteiger partial charge in [-0.15, -0.1) is 11.8 Å². The number of rotatable bonds is 5. The van der Waals surface area contributed by atoms with Gasteiger partial charge in [0.15, 0.2) is 5.82 Å². The van der Waals surface area contributed by atoms with E-state index < -0.39 is 0 Å². The standard InChI is InChI=1S/C22H17N5OS/c28-22(24-21-16-7-1-3-9-18(16)25-26-21)17-8-2-4-10-19(17)29-14-15-13-27-12-6-5-11-20(27)23-15/h1-13H,14H2,(H2,24,25,26,28). The van der Waals surface area contributed by atoms with E-state index in [2.05, 4.69) is 20.5 Å². The minimum Gasteiger partial charge on any atom is -0.307 e. The lowest BCUT2D eigenvalue weighted by atomic mass is 10.2. The lowest BCUT2D eigenvalue weighted by Crippen LogP contribution is -2.13. The molecular weight excluding hydrogens is 382 g/mol. The Morgan fingerprint density at radius 1 is 1.03 bits per heavy atom. The van der Waals surface area contributed by atoms with Gasteiger partial charge >= 0.3 is 0 Å². The van der Waals surface area contributed by atoms with Gasteiger partial charge in [0, 0.05) is 28.4 Å². The molecule has 0 aliphatic carbocycles. The molecule has 1 amide bonds. The number of imidazole rings is 1. The van der Waals surface area contributed by atoms with Crippen molar-refractivity contribution in [3.05, 3.63) is 90.4 Å². The van der Waals surface area contributed by atoms with Crippen LogP contribution < -0.4 is 5.32 Å². The van der Waals surface area contributed by atoms with Gasteiger partial charge in [0.1, 0.15) is 5.65 Å². The van der Waals surface area contributed by atoms with Crippen LogP contribution in [0.25, 0.3) is 16.6 Å². The summed E-state index contributed by atoms with van der Waals surface area (Å²) in [6.45, 7) is 0. The number of nitrogens with zero attached hydrogens (tertiary/aromatic N) is 3. The minimum absolute atomic E-state index is 0.180. The van der Waals surface area contributed by atoms with Gasteiger partial charge in [0.25, 0.3) is 5.91 Å². The number of thioether (sulfide) groups is 1. The highest BCUT2D eigenvalue weighted by molar-refractivity contribution is 7.98. The van der Waals surface area contributed by atoms with E-state index in [1.807, 2.05) is 83.5 Å². The van der Waals surface area contributed by atoms with E-state index in [1.54, 1.807) is 11.8 Å². The lowest BCUT2D eigenvalue weighted by Gasteiger charge is -2.08. The van der Waals surface area contributed by atoms with Crippen LogP contribution in [-0.4, -0.2) is 25.5 Å². The van der Waals surface area contributed by atoms with E-state index in [1.165, 1.54) is 0 Å². The number of hydrogen-bond acceptors (Lipinski definition) is 4. The summed E-state index contributed by atoms with van der Waals surface area (Å²) >= 11 is 1.60. The van der Waals surface area contributed by atoms with Gasteiger partial charge in [0.2, 0.25) is 0 Å². The average Bonchev–Trinajstić information content (AvgIpc) is 3.36. The van der Waals surface area contributed by atoms with Crippen LogP contribution in [0.2, 0.25) is 0 Å². The van der Waals surface area contributed by atoms with Crippen molar-refractivity contribution in [3.8, 4) is 0 Å². The van der Waals surface area contributed by atoms with Crippen molar-refractivity contribution < 1.29 is 4.79 Å². The summed E-state index contributed by atoms with van der Waals surface area (Å²) in [4.78, 5) is 18.5. The van der Waals surface area contributed by atoms with E-state index >= 15 is 0 Å². The molecule has 0 aliphatic rings. The molecular formula is C22H17N5OS. The molecule has 0 fully saturated rings. The molecule has 5 aromatic rings. The summed E-state index contributed by atoms with van der Waals surface area (Å²) in [6.07, 6.45) is 3.99. The maximum absolute atomic E-state index is 12.9. The molecule has 7 heteroatoms. The molecule has 0 spiro atoms. The van der Waals surface area contributed by atoms with E-state index in [9.17, 15) is 4.79 Å². The van der Waals surface area contributed by atoms with Crippen molar-refractivity contribution >= 4 is 40.0 Å². The monoisotopic (exact) mass is 399 g/mol. The number of nitrogens with one attached hydrogen (secondary N) is 2. The third-order valence-electron chi connectivity index (χ3n) is 4.62. The van der Waals surface area contributed by atoms with Crippen molar-refractivity contribution in [3.63, 3.8) is 0 Å². The Labute approximate surface area is 171 Å². The second kappa shape index (κ2) is 7.44. The first-order valence-electron chi connectivity index (χ1n) is 9.17. The topological polar surface area (TPSA) is 75.1 Å². The Morgan fingerprint density at radius 3 is 2.79 bits per heavy atom. The molecule has 6 nitrogen and oxygen atoms in total. The highest BCUT2D eigenvalue weighted by Crippen LogP contribution is 2.27. The number of aromatic nitrogens is 4. The zero-order valence-corrected chi connectivity index (χ0v) is 16.2. The molecule has 2 N–H and O–H groups in total. The van der Waals surface area contributed by atoms with Gasteiger partial charge in [-0.25, -0.2) is 4.98 Å². The molecule has 0 radical (unpaired) electrons. The van der Waals surface area contributed by atoms with Crippen molar-refractivity contribution in [2.45, 2.75) is 10.6 Å². The molecule has 142 valence electrons. The molecule has 0 atom stereocenters. The molecule has 3 aromatic heterocycles. The second-order valence-electron chi connectivity index (χ2n) is 6.56. The van der Waals surface area contributed by atoms with Crippen LogP contribution in [0.5, 0.6) is 0 Å². The number of para-hydroxylation sites is 1. The molecule has 5 rings (SSSR count). The number of benzene rings is 2. The summed E-state index contributed by atoms with van der Waals surface area (Å²) in [6, 6.07) is 21.2. The molecule has 0 saturated carbocycles. The van der Waals surface area contributed by atoms with Crippen molar-refractivity contribution in [2.75, 3.05) is 5.32 Å². The van der Waals surface area contributed by atoms with Crippen molar-refractivity contribution in [1.29, 1.82) is 0 Å². The number of amides is 1.